The zero-order chi connectivity index (χ0) is 16.3. The molecule has 2 aromatic carbocycles. The molecule has 22 heavy (non-hydrogen) atoms. The van der Waals surface area contributed by atoms with Crippen LogP contribution in [0.15, 0.2) is 30.3 Å². The predicted molar refractivity (Wildman–Crippen MR) is 77.9 cm³/mol. The Balaban J connectivity index is 2.66. The average Bonchev–Trinajstić information content (AvgIpc) is 2.47. The number of fused-ring (bicyclic) bond motifs is 1. The minimum atomic E-state index is -0.520. The van der Waals surface area contributed by atoms with Crippen LogP contribution in [0.2, 0.25) is 0 Å². The van der Waals surface area contributed by atoms with Crippen LogP contribution in [0, 0.1) is 0 Å². The highest BCUT2D eigenvalue weighted by atomic mass is 16.5. The molecule has 0 radical (unpaired) electrons. The molecule has 2 rings (SSSR count). The van der Waals surface area contributed by atoms with Gasteiger partial charge in [-0.25, -0.2) is 4.79 Å². The van der Waals surface area contributed by atoms with Crippen LogP contribution in [0.4, 0.5) is 0 Å². The number of ether oxygens (including phenoxy) is 3. The monoisotopic (exact) mass is 302 g/mol. The van der Waals surface area contributed by atoms with Gasteiger partial charge in [0.2, 0.25) is 0 Å². The molecule has 0 atom stereocenters. The molecule has 0 aliphatic rings. The lowest BCUT2D eigenvalue weighted by molar-refractivity contribution is -0.132. The highest BCUT2D eigenvalue weighted by Crippen LogP contribution is 2.34. The molecular formula is C16H14O6. The molecule has 2 aromatic rings. The molecule has 0 saturated heterocycles. The number of methoxy groups -OCH3 is 1. The van der Waals surface area contributed by atoms with E-state index in [1.807, 2.05) is 0 Å². The van der Waals surface area contributed by atoms with Gasteiger partial charge in [-0.1, -0.05) is 0 Å². The van der Waals surface area contributed by atoms with Crippen molar-refractivity contribution in [2.75, 3.05) is 7.11 Å². The molecule has 0 aliphatic heterocycles. The number of carbonyl (C=O) groups is 3. The van der Waals surface area contributed by atoms with Crippen molar-refractivity contribution >= 4 is 28.7 Å². The van der Waals surface area contributed by atoms with Gasteiger partial charge < -0.3 is 14.2 Å². The van der Waals surface area contributed by atoms with Gasteiger partial charge in [0.15, 0.2) is 0 Å². The normalized spacial score (nSPS) is 10.1. The Kier molecular flexibility index (Phi) is 4.41. The first kappa shape index (κ1) is 15.5. The van der Waals surface area contributed by atoms with Crippen molar-refractivity contribution in [2.45, 2.75) is 13.8 Å². The molecule has 0 bridgehead atoms. The minimum absolute atomic E-state index is 0.268. The topological polar surface area (TPSA) is 78.9 Å². The second kappa shape index (κ2) is 6.26. The first-order chi connectivity index (χ1) is 10.4. The number of hydrogen-bond donors (Lipinski definition) is 0. The maximum Gasteiger partial charge on any atom is 0.337 e. The van der Waals surface area contributed by atoms with Crippen molar-refractivity contribution in [3.05, 3.63) is 35.9 Å². The minimum Gasteiger partial charge on any atom is -0.465 e. The number of esters is 3. The zero-order valence-electron chi connectivity index (χ0n) is 12.3. The van der Waals surface area contributed by atoms with Gasteiger partial charge in [0.05, 0.1) is 12.7 Å². The first-order valence-electron chi connectivity index (χ1n) is 6.44. The highest BCUT2D eigenvalue weighted by Gasteiger charge is 2.14. The third kappa shape index (κ3) is 3.22. The van der Waals surface area contributed by atoms with Crippen molar-refractivity contribution in [3.8, 4) is 11.5 Å². The third-order valence-corrected chi connectivity index (χ3v) is 2.87. The Bertz CT molecular complexity index is 763. The van der Waals surface area contributed by atoms with Crippen LogP contribution in [-0.4, -0.2) is 25.0 Å². The molecule has 0 heterocycles. The van der Waals surface area contributed by atoms with Crippen molar-refractivity contribution in [2.24, 2.45) is 0 Å². The van der Waals surface area contributed by atoms with E-state index in [0.29, 0.717) is 22.1 Å². The predicted octanol–water partition coefficient (Wildman–Crippen LogP) is 2.48. The fraction of sp³-hybridized carbons (Fsp3) is 0.188. The Morgan fingerprint density at radius 1 is 0.818 bits per heavy atom. The lowest BCUT2D eigenvalue weighted by atomic mass is 10.0. The molecule has 0 amide bonds. The molecule has 0 aromatic heterocycles. The summed E-state index contributed by atoms with van der Waals surface area (Å²) >= 11 is 0. The van der Waals surface area contributed by atoms with Crippen molar-refractivity contribution in [1.82, 2.24) is 0 Å². The maximum absolute atomic E-state index is 11.6. The number of benzene rings is 2. The first-order valence-corrected chi connectivity index (χ1v) is 6.44. The largest absolute Gasteiger partial charge is 0.465 e. The van der Waals surface area contributed by atoms with E-state index in [1.54, 1.807) is 12.1 Å². The highest BCUT2D eigenvalue weighted by molar-refractivity contribution is 6.01. The van der Waals surface area contributed by atoms with E-state index in [4.69, 9.17) is 9.47 Å². The van der Waals surface area contributed by atoms with E-state index in [2.05, 4.69) is 4.74 Å². The zero-order valence-corrected chi connectivity index (χ0v) is 12.3. The van der Waals surface area contributed by atoms with Crippen LogP contribution in [0.1, 0.15) is 24.2 Å². The summed E-state index contributed by atoms with van der Waals surface area (Å²) in [5, 5.41) is 1.01. The van der Waals surface area contributed by atoms with E-state index in [-0.39, 0.29) is 5.75 Å². The summed E-state index contributed by atoms with van der Waals surface area (Å²) < 4.78 is 14.9. The summed E-state index contributed by atoms with van der Waals surface area (Å²) in [5.74, 6) is -0.906. The molecule has 0 N–H and O–H groups in total. The Labute approximate surface area is 126 Å². The van der Waals surface area contributed by atoms with Crippen LogP contribution in [0.3, 0.4) is 0 Å². The second-order valence-electron chi connectivity index (χ2n) is 4.50. The molecule has 0 aliphatic carbocycles. The SMILES string of the molecule is COC(=O)c1ccc2c(OC(C)=O)ccc(OC(C)=O)c2c1. The van der Waals surface area contributed by atoms with Gasteiger partial charge in [-0.05, 0) is 30.3 Å². The molecule has 6 heteroatoms. The van der Waals surface area contributed by atoms with Crippen LogP contribution in [0.25, 0.3) is 10.8 Å². The van der Waals surface area contributed by atoms with Crippen LogP contribution in [0.5, 0.6) is 11.5 Å². The van der Waals surface area contributed by atoms with E-state index in [9.17, 15) is 14.4 Å². The van der Waals surface area contributed by atoms with E-state index < -0.39 is 17.9 Å². The molecule has 0 fully saturated rings. The van der Waals surface area contributed by atoms with Crippen LogP contribution >= 0.6 is 0 Å². The summed E-state index contributed by atoms with van der Waals surface area (Å²) in [6.45, 7) is 2.56. The van der Waals surface area contributed by atoms with Crippen molar-refractivity contribution < 1.29 is 28.6 Å². The number of carbonyl (C=O) groups excluding carboxylic acids is 3. The lowest BCUT2D eigenvalue weighted by Gasteiger charge is -2.11. The summed E-state index contributed by atoms with van der Waals surface area (Å²) in [7, 11) is 1.27. The smallest absolute Gasteiger partial charge is 0.337 e. The van der Waals surface area contributed by atoms with Crippen LogP contribution < -0.4 is 9.47 Å². The standard InChI is InChI=1S/C16H14O6/c1-9(17)21-14-6-7-15(22-10(2)18)13-8-11(16(19)20-3)4-5-12(13)14/h4-8H,1-3H3. The summed E-state index contributed by atoms with van der Waals surface area (Å²) in [6, 6.07) is 7.70. The number of hydrogen-bond acceptors (Lipinski definition) is 6. The second-order valence-corrected chi connectivity index (χ2v) is 4.50. The quantitative estimate of drug-likeness (QED) is 0.640. The summed E-state index contributed by atoms with van der Waals surface area (Å²) in [5.41, 5.74) is 0.295. The van der Waals surface area contributed by atoms with Gasteiger partial charge in [0, 0.05) is 24.6 Å². The fourth-order valence-corrected chi connectivity index (χ4v) is 2.03. The molecule has 0 spiro atoms. The number of rotatable bonds is 3. The fourth-order valence-electron chi connectivity index (χ4n) is 2.03. The molecule has 6 nitrogen and oxygen atoms in total. The average molecular weight is 302 g/mol. The van der Waals surface area contributed by atoms with Crippen molar-refractivity contribution in [1.29, 1.82) is 0 Å². The summed E-state index contributed by atoms with van der Waals surface area (Å²) in [4.78, 5) is 34.0. The van der Waals surface area contributed by atoms with Crippen molar-refractivity contribution in [3.63, 3.8) is 0 Å². The third-order valence-electron chi connectivity index (χ3n) is 2.87. The Morgan fingerprint density at radius 2 is 1.36 bits per heavy atom. The van der Waals surface area contributed by atoms with Crippen LogP contribution in [-0.2, 0) is 14.3 Å². The Hall–Kier alpha value is -2.89. The van der Waals surface area contributed by atoms with Gasteiger partial charge in [0.25, 0.3) is 0 Å². The van der Waals surface area contributed by atoms with E-state index >= 15 is 0 Å². The Morgan fingerprint density at radius 3 is 1.86 bits per heavy atom. The molecule has 0 saturated carbocycles. The maximum atomic E-state index is 11.6. The van der Waals surface area contributed by atoms with Gasteiger partial charge in [-0.15, -0.1) is 0 Å². The molecule has 0 unspecified atom stereocenters. The molecular weight excluding hydrogens is 288 g/mol. The van der Waals surface area contributed by atoms with E-state index in [1.165, 1.54) is 39.2 Å². The van der Waals surface area contributed by atoms with Gasteiger partial charge in [0.1, 0.15) is 11.5 Å². The van der Waals surface area contributed by atoms with E-state index in [0.717, 1.165) is 0 Å². The lowest BCUT2D eigenvalue weighted by Crippen LogP contribution is -2.06. The summed E-state index contributed by atoms with van der Waals surface area (Å²) in [6.07, 6.45) is 0. The van der Waals surface area contributed by atoms with Gasteiger partial charge >= 0.3 is 17.9 Å². The van der Waals surface area contributed by atoms with Gasteiger partial charge in [-0.2, -0.15) is 0 Å². The molecule has 114 valence electrons. The van der Waals surface area contributed by atoms with Gasteiger partial charge in [-0.3, -0.25) is 9.59 Å².